The normalized spacial score (nSPS) is 24.7. The summed E-state index contributed by atoms with van der Waals surface area (Å²) in [4.78, 5) is 24.4. The molecule has 1 N–H and O–H groups in total. The van der Waals surface area contributed by atoms with E-state index in [2.05, 4.69) is 0 Å². The van der Waals surface area contributed by atoms with Gasteiger partial charge in [-0.3, -0.25) is 9.59 Å². The predicted octanol–water partition coefficient (Wildman–Crippen LogP) is 1.21. The average Bonchev–Trinajstić information content (AvgIpc) is 2.84. The highest BCUT2D eigenvalue weighted by molar-refractivity contribution is 5.92. The van der Waals surface area contributed by atoms with Crippen molar-refractivity contribution in [3.05, 3.63) is 24.2 Å². The summed E-state index contributed by atoms with van der Waals surface area (Å²) in [6.07, 6.45) is 1.94. The second-order valence-electron chi connectivity index (χ2n) is 3.95. The van der Waals surface area contributed by atoms with Crippen molar-refractivity contribution in [1.82, 2.24) is 4.90 Å². The molecule has 2 heterocycles. The third-order valence-electron chi connectivity index (χ3n) is 3.06. The largest absolute Gasteiger partial charge is 0.481 e. The van der Waals surface area contributed by atoms with Crippen molar-refractivity contribution >= 4 is 11.9 Å². The van der Waals surface area contributed by atoms with Gasteiger partial charge in [-0.2, -0.15) is 0 Å². The van der Waals surface area contributed by atoms with Crippen LogP contribution in [0.4, 0.5) is 0 Å². The Morgan fingerprint density at radius 1 is 1.56 bits per heavy atom. The highest BCUT2D eigenvalue weighted by Gasteiger charge is 2.38. The first-order valence-electron chi connectivity index (χ1n) is 5.18. The molecule has 5 heteroatoms. The van der Waals surface area contributed by atoms with Gasteiger partial charge < -0.3 is 14.4 Å². The molecule has 86 valence electrons. The Bertz CT molecular complexity index is 398. The van der Waals surface area contributed by atoms with E-state index in [9.17, 15) is 9.59 Å². The highest BCUT2D eigenvalue weighted by atomic mass is 16.4. The first-order chi connectivity index (χ1) is 7.61. The molecule has 0 aromatic carbocycles. The van der Waals surface area contributed by atoms with Crippen LogP contribution in [0.25, 0.3) is 0 Å². The molecule has 1 aliphatic heterocycles. The van der Waals surface area contributed by atoms with Crippen LogP contribution in [0.1, 0.15) is 23.9 Å². The van der Waals surface area contributed by atoms with Gasteiger partial charge in [0.25, 0.3) is 5.91 Å². The molecule has 2 atom stereocenters. The maximum absolute atomic E-state index is 11.9. The van der Waals surface area contributed by atoms with E-state index in [1.165, 1.54) is 6.26 Å². The maximum Gasteiger partial charge on any atom is 0.308 e. The Hall–Kier alpha value is -1.78. The molecule has 0 bridgehead atoms. The van der Waals surface area contributed by atoms with Crippen molar-refractivity contribution in [2.75, 3.05) is 6.54 Å². The van der Waals surface area contributed by atoms with Crippen LogP contribution in [0.2, 0.25) is 0 Å². The quantitative estimate of drug-likeness (QED) is 0.818. The standard InChI is InChI=1S/C11H13NO4/c1-7-8(11(14)15)4-5-12(7)10(13)9-3-2-6-16-9/h2-3,6-8H,4-5H2,1H3,(H,14,15). The molecule has 1 saturated heterocycles. The van der Waals surface area contributed by atoms with Crippen molar-refractivity contribution in [2.24, 2.45) is 5.92 Å². The monoisotopic (exact) mass is 223 g/mol. The molecule has 1 amide bonds. The number of carboxylic acid groups (broad SMARTS) is 1. The van der Waals surface area contributed by atoms with E-state index in [4.69, 9.17) is 9.52 Å². The number of carboxylic acids is 1. The summed E-state index contributed by atoms with van der Waals surface area (Å²) in [7, 11) is 0. The highest BCUT2D eigenvalue weighted by Crippen LogP contribution is 2.25. The van der Waals surface area contributed by atoms with Crippen molar-refractivity contribution in [3.8, 4) is 0 Å². The zero-order valence-electron chi connectivity index (χ0n) is 8.92. The zero-order chi connectivity index (χ0) is 11.7. The van der Waals surface area contributed by atoms with E-state index in [0.29, 0.717) is 13.0 Å². The third kappa shape index (κ3) is 1.68. The minimum absolute atomic E-state index is 0.235. The molecule has 0 saturated carbocycles. The third-order valence-corrected chi connectivity index (χ3v) is 3.06. The molecular weight excluding hydrogens is 210 g/mol. The minimum Gasteiger partial charge on any atom is -0.481 e. The van der Waals surface area contributed by atoms with Gasteiger partial charge in [-0.15, -0.1) is 0 Å². The van der Waals surface area contributed by atoms with E-state index in [0.717, 1.165) is 0 Å². The van der Waals surface area contributed by atoms with Crippen LogP contribution in [0.15, 0.2) is 22.8 Å². The van der Waals surface area contributed by atoms with Crippen LogP contribution in [0.3, 0.4) is 0 Å². The summed E-state index contributed by atoms with van der Waals surface area (Å²) in [5, 5.41) is 8.95. The molecule has 0 radical (unpaired) electrons. The summed E-state index contributed by atoms with van der Waals surface area (Å²) in [5.41, 5.74) is 0. The Morgan fingerprint density at radius 2 is 2.31 bits per heavy atom. The number of hydrogen-bond donors (Lipinski definition) is 1. The molecule has 5 nitrogen and oxygen atoms in total. The van der Waals surface area contributed by atoms with Crippen LogP contribution >= 0.6 is 0 Å². The number of carbonyl (C=O) groups excluding carboxylic acids is 1. The van der Waals surface area contributed by atoms with Crippen molar-refractivity contribution in [2.45, 2.75) is 19.4 Å². The molecule has 1 fully saturated rings. The van der Waals surface area contributed by atoms with E-state index in [1.807, 2.05) is 0 Å². The van der Waals surface area contributed by atoms with E-state index < -0.39 is 11.9 Å². The number of carbonyl (C=O) groups is 2. The number of hydrogen-bond acceptors (Lipinski definition) is 3. The summed E-state index contributed by atoms with van der Waals surface area (Å²) >= 11 is 0. The lowest BCUT2D eigenvalue weighted by molar-refractivity contribution is -0.142. The Morgan fingerprint density at radius 3 is 2.81 bits per heavy atom. The van der Waals surface area contributed by atoms with Gasteiger partial charge in [0.1, 0.15) is 0 Å². The van der Waals surface area contributed by atoms with Gasteiger partial charge in [-0.25, -0.2) is 0 Å². The minimum atomic E-state index is -0.845. The summed E-state index contributed by atoms with van der Waals surface area (Å²) < 4.78 is 5.01. The molecule has 1 aromatic rings. The van der Waals surface area contributed by atoms with Crippen molar-refractivity contribution in [3.63, 3.8) is 0 Å². The van der Waals surface area contributed by atoms with Gasteiger partial charge in [-0.05, 0) is 25.5 Å². The fourth-order valence-corrected chi connectivity index (χ4v) is 2.10. The molecule has 2 unspecified atom stereocenters. The number of aliphatic carboxylic acids is 1. The second-order valence-corrected chi connectivity index (χ2v) is 3.95. The number of amides is 1. The first-order valence-corrected chi connectivity index (χ1v) is 5.18. The Kier molecular flexibility index (Phi) is 2.68. The van der Waals surface area contributed by atoms with E-state index in [1.54, 1.807) is 24.0 Å². The molecule has 16 heavy (non-hydrogen) atoms. The fourth-order valence-electron chi connectivity index (χ4n) is 2.10. The topological polar surface area (TPSA) is 70.8 Å². The lowest BCUT2D eigenvalue weighted by Gasteiger charge is -2.21. The molecule has 0 aliphatic carbocycles. The number of furan rings is 1. The predicted molar refractivity (Wildman–Crippen MR) is 54.9 cm³/mol. The van der Waals surface area contributed by atoms with Gasteiger partial charge >= 0.3 is 5.97 Å². The molecule has 2 rings (SSSR count). The number of rotatable bonds is 2. The molecular formula is C11H13NO4. The summed E-state index contributed by atoms with van der Waals surface area (Å²) in [5.74, 6) is -1.29. The average molecular weight is 223 g/mol. The summed E-state index contributed by atoms with van der Waals surface area (Å²) in [6, 6.07) is 2.95. The second kappa shape index (κ2) is 4.00. The van der Waals surface area contributed by atoms with Crippen molar-refractivity contribution in [1.29, 1.82) is 0 Å². The van der Waals surface area contributed by atoms with Crippen LogP contribution < -0.4 is 0 Å². The van der Waals surface area contributed by atoms with Crippen molar-refractivity contribution < 1.29 is 19.1 Å². The van der Waals surface area contributed by atoms with E-state index in [-0.39, 0.29) is 17.7 Å². The molecule has 1 aliphatic rings. The summed E-state index contributed by atoms with van der Waals surface area (Å²) in [6.45, 7) is 2.23. The first kappa shape index (κ1) is 10.7. The van der Waals surface area contributed by atoms with Crippen LogP contribution in [0.5, 0.6) is 0 Å². The van der Waals surface area contributed by atoms with Crippen LogP contribution in [0, 0.1) is 5.92 Å². The van der Waals surface area contributed by atoms with Gasteiger partial charge in [0.15, 0.2) is 5.76 Å². The van der Waals surface area contributed by atoms with Gasteiger partial charge in [0, 0.05) is 12.6 Å². The van der Waals surface area contributed by atoms with Crippen LogP contribution in [-0.4, -0.2) is 34.5 Å². The van der Waals surface area contributed by atoms with Gasteiger partial charge in [0.2, 0.25) is 0 Å². The van der Waals surface area contributed by atoms with Crippen LogP contribution in [-0.2, 0) is 4.79 Å². The Labute approximate surface area is 92.7 Å². The maximum atomic E-state index is 11.9. The molecule has 1 aromatic heterocycles. The Balaban J connectivity index is 2.13. The zero-order valence-corrected chi connectivity index (χ0v) is 8.92. The van der Waals surface area contributed by atoms with Gasteiger partial charge in [0.05, 0.1) is 12.2 Å². The van der Waals surface area contributed by atoms with Gasteiger partial charge in [-0.1, -0.05) is 0 Å². The SMILES string of the molecule is CC1C(C(=O)O)CCN1C(=O)c1ccco1. The number of likely N-dealkylation sites (tertiary alicyclic amines) is 1. The smallest absolute Gasteiger partial charge is 0.308 e. The fraction of sp³-hybridized carbons (Fsp3) is 0.455. The number of nitrogens with zero attached hydrogens (tertiary/aromatic N) is 1. The van der Waals surface area contributed by atoms with E-state index >= 15 is 0 Å². The lowest BCUT2D eigenvalue weighted by Crippen LogP contribution is -2.37. The lowest BCUT2D eigenvalue weighted by atomic mass is 10.0. The molecule has 0 spiro atoms.